The molecule has 0 saturated heterocycles. The van der Waals surface area contributed by atoms with Crippen LogP contribution in [0.1, 0.15) is 22.3 Å². The fourth-order valence-corrected chi connectivity index (χ4v) is 10.4. The van der Waals surface area contributed by atoms with Crippen molar-refractivity contribution in [2.45, 2.75) is 15.2 Å². The number of fused-ring (bicyclic) bond motifs is 11. The molecule has 248 valence electrons. The van der Waals surface area contributed by atoms with E-state index in [2.05, 4.69) is 115 Å². The second-order valence-electron chi connectivity index (χ2n) is 13.5. The van der Waals surface area contributed by atoms with Gasteiger partial charge in [0, 0.05) is 36.6 Å². The summed E-state index contributed by atoms with van der Waals surface area (Å²) in [5.74, 6) is 1.97. The van der Waals surface area contributed by atoms with Crippen molar-refractivity contribution in [3.63, 3.8) is 0 Å². The van der Waals surface area contributed by atoms with Crippen LogP contribution in [0.4, 0.5) is 0 Å². The van der Waals surface area contributed by atoms with E-state index in [1.807, 2.05) is 83.8 Å². The van der Waals surface area contributed by atoms with Gasteiger partial charge in [0.25, 0.3) is 0 Å². The molecule has 0 amide bonds. The zero-order valence-corrected chi connectivity index (χ0v) is 30.0. The summed E-state index contributed by atoms with van der Waals surface area (Å²) in [5, 5.41) is 3.56. The maximum atomic E-state index is 4.97. The summed E-state index contributed by atoms with van der Waals surface area (Å²) in [6.07, 6.45) is 0. The number of thiophene rings is 1. The number of benzene rings is 7. The predicted octanol–water partition coefficient (Wildman–Crippen LogP) is 12.6. The Labute approximate surface area is 315 Å². The second kappa shape index (κ2) is 12.0. The fraction of sp³-hybridized carbons (Fsp3) is 0.0208. The van der Waals surface area contributed by atoms with E-state index in [4.69, 9.17) is 15.0 Å². The minimum atomic E-state index is -0.429. The van der Waals surface area contributed by atoms with Crippen molar-refractivity contribution in [3.8, 4) is 56.4 Å². The van der Waals surface area contributed by atoms with Crippen LogP contribution < -0.4 is 0 Å². The van der Waals surface area contributed by atoms with Crippen LogP contribution in [0.2, 0.25) is 0 Å². The maximum Gasteiger partial charge on any atom is 0.164 e. The van der Waals surface area contributed by atoms with Gasteiger partial charge in [0.1, 0.15) is 0 Å². The molecule has 3 heterocycles. The molecule has 0 bridgehead atoms. The zero-order valence-electron chi connectivity index (χ0n) is 28.4. The first-order valence-corrected chi connectivity index (χ1v) is 19.5. The molecular weight excluding hydrogens is 683 g/mol. The summed E-state index contributed by atoms with van der Waals surface area (Å²) in [6, 6.07) is 61.1. The molecule has 53 heavy (non-hydrogen) atoms. The van der Waals surface area contributed by atoms with E-state index in [0.29, 0.717) is 17.5 Å². The van der Waals surface area contributed by atoms with Gasteiger partial charge in [0.05, 0.1) is 5.41 Å². The minimum absolute atomic E-state index is 0.429. The molecule has 0 saturated carbocycles. The van der Waals surface area contributed by atoms with Crippen molar-refractivity contribution in [1.82, 2.24) is 15.0 Å². The Morgan fingerprint density at radius 2 is 0.925 bits per heavy atom. The standard InChI is InChI=1S/C48H29N3S2/c1-3-11-31(12-4-1)45-49-46(32-13-5-2-6-14-32)51-47(50-45)33-21-19-30(20-22-33)34-23-24-35-40(29-34)48(39-25-26-41-36(44(35)39)27-28-52-41)37-15-7-9-17-42(37)53-43-18-10-8-16-38(43)48/h1-29H. The van der Waals surface area contributed by atoms with Crippen molar-refractivity contribution in [3.05, 3.63) is 197 Å². The lowest BCUT2D eigenvalue weighted by Crippen LogP contribution is -2.31. The fourth-order valence-electron chi connectivity index (χ4n) is 8.37. The van der Waals surface area contributed by atoms with Gasteiger partial charge in [-0.05, 0) is 80.2 Å². The van der Waals surface area contributed by atoms with E-state index in [9.17, 15) is 0 Å². The molecule has 1 spiro atoms. The van der Waals surface area contributed by atoms with Gasteiger partial charge < -0.3 is 0 Å². The third-order valence-electron chi connectivity index (χ3n) is 10.7. The van der Waals surface area contributed by atoms with Gasteiger partial charge in [-0.3, -0.25) is 0 Å². The minimum Gasteiger partial charge on any atom is -0.208 e. The third kappa shape index (κ3) is 4.64. The van der Waals surface area contributed by atoms with Crippen LogP contribution in [0.3, 0.4) is 0 Å². The largest absolute Gasteiger partial charge is 0.208 e. The van der Waals surface area contributed by atoms with Crippen LogP contribution in [0.25, 0.3) is 66.5 Å². The molecule has 9 aromatic rings. The summed E-state index contributed by atoms with van der Waals surface area (Å²) in [7, 11) is 0. The second-order valence-corrected chi connectivity index (χ2v) is 15.6. The van der Waals surface area contributed by atoms with Gasteiger partial charge in [-0.15, -0.1) is 11.3 Å². The normalized spacial score (nSPS) is 13.4. The number of hydrogen-bond acceptors (Lipinski definition) is 5. The Hall–Kier alpha value is -6.14. The smallest absolute Gasteiger partial charge is 0.164 e. The van der Waals surface area contributed by atoms with E-state index in [-0.39, 0.29) is 0 Å². The number of rotatable bonds is 4. The average Bonchev–Trinajstić information content (AvgIpc) is 3.83. The van der Waals surface area contributed by atoms with E-state index in [1.165, 1.54) is 58.8 Å². The van der Waals surface area contributed by atoms with Gasteiger partial charge >= 0.3 is 0 Å². The number of aromatic nitrogens is 3. The van der Waals surface area contributed by atoms with Gasteiger partial charge in [-0.2, -0.15) is 0 Å². The maximum absolute atomic E-state index is 4.97. The lowest BCUT2D eigenvalue weighted by molar-refractivity contribution is 0.723. The lowest BCUT2D eigenvalue weighted by Gasteiger charge is -2.39. The quantitative estimate of drug-likeness (QED) is 0.182. The van der Waals surface area contributed by atoms with Crippen LogP contribution in [0.5, 0.6) is 0 Å². The van der Waals surface area contributed by atoms with Crippen molar-refractivity contribution < 1.29 is 0 Å². The molecular formula is C48H29N3S2. The molecule has 1 aliphatic heterocycles. The number of hydrogen-bond donors (Lipinski definition) is 0. The average molecular weight is 712 g/mol. The third-order valence-corrected chi connectivity index (χ3v) is 12.7. The SMILES string of the molecule is c1ccc(-c2nc(-c3ccccc3)nc(-c3ccc(-c4ccc5c(c4)C4(c6ccccc6Sc6ccccc64)c4ccc6sccc6c4-5)cc3)n2)cc1. The first-order valence-electron chi connectivity index (χ1n) is 17.8. The van der Waals surface area contributed by atoms with Crippen LogP contribution in [0, 0.1) is 0 Å². The molecule has 3 nitrogen and oxygen atoms in total. The topological polar surface area (TPSA) is 38.7 Å². The van der Waals surface area contributed by atoms with Crippen LogP contribution in [0.15, 0.2) is 185 Å². The van der Waals surface area contributed by atoms with Gasteiger partial charge in [0.15, 0.2) is 17.5 Å². The Balaban J connectivity index is 1.08. The molecule has 1 aliphatic carbocycles. The van der Waals surface area contributed by atoms with E-state index >= 15 is 0 Å². The highest BCUT2D eigenvalue weighted by Crippen LogP contribution is 2.63. The monoisotopic (exact) mass is 711 g/mol. The highest BCUT2D eigenvalue weighted by molar-refractivity contribution is 7.99. The van der Waals surface area contributed by atoms with Crippen LogP contribution in [-0.2, 0) is 5.41 Å². The lowest BCUT2D eigenvalue weighted by atomic mass is 9.67. The molecule has 0 fully saturated rings. The summed E-state index contributed by atoms with van der Waals surface area (Å²) < 4.78 is 1.32. The molecule has 5 heteroatoms. The summed E-state index contributed by atoms with van der Waals surface area (Å²) in [6.45, 7) is 0. The van der Waals surface area contributed by atoms with Crippen molar-refractivity contribution in [1.29, 1.82) is 0 Å². The van der Waals surface area contributed by atoms with Crippen molar-refractivity contribution in [2.75, 3.05) is 0 Å². The number of nitrogens with zero attached hydrogens (tertiary/aromatic N) is 3. The molecule has 11 rings (SSSR count). The Bertz CT molecular complexity index is 2760. The summed E-state index contributed by atoms with van der Waals surface area (Å²) in [4.78, 5) is 17.4. The molecule has 2 aromatic heterocycles. The summed E-state index contributed by atoms with van der Waals surface area (Å²) >= 11 is 3.70. The Morgan fingerprint density at radius 3 is 1.55 bits per heavy atom. The van der Waals surface area contributed by atoms with Crippen LogP contribution >= 0.6 is 23.1 Å². The predicted molar refractivity (Wildman–Crippen MR) is 218 cm³/mol. The highest BCUT2D eigenvalue weighted by atomic mass is 32.2. The molecule has 7 aromatic carbocycles. The molecule has 0 unspecified atom stereocenters. The van der Waals surface area contributed by atoms with Gasteiger partial charge in [-0.25, -0.2) is 15.0 Å². The highest BCUT2D eigenvalue weighted by Gasteiger charge is 2.50. The molecule has 0 radical (unpaired) electrons. The van der Waals surface area contributed by atoms with Crippen LogP contribution in [-0.4, -0.2) is 15.0 Å². The first kappa shape index (κ1) is 30.5. The summed E-state index contributed by atoms with van der Waals surface area (Å²) in [5.41, 5.74) is 12.8. The van der Waals surface area contributed by atoms with Crippen molar-refractivity contribution >= 4 is 33.2 Å². The van der Waals surface area contributed by atoms with E-state index in [1.54, 1.807) is 0 Å². The van der Waals surface area contributed by atoms with Crippen molar-refractivity contribution in [2.24, 2.45) is 0 Å². The zero-order chi connectivity index (χ0) is 34.9. The van der Waals surface area contributed by atoms with Gasteiger partial charge in [-0.1, -0.05) is 151 Å². The Kier molecular flexibility index (Phi) is 6.88. The molecule has 0 atom stereocenters. The Morgan fingerprint density at radius 1 is 0.396 bits per heavy atom. The first-order chi connectivity index (χ1) is 26.3. The molecule has 2 aliphatic rings. The van der Waals surface area contributed by atoms with E-state index in [0.717, 1.165) is 22.3 Å². The van der Waals surface area contributed by atoms with E-state index < -0.39 is 5.41 Å². The van der Waals surface area contributed by atoms with Gasteiger partial charge in [0.2, 0.25) is 0 Å². The molecule has 0 N–H and O–H groups in total.